The molecule has 1 fully saturated rings. The number of hydrogen-bond donors (Lipinski definition) is 1. The molecule has 1 aromatic rings. The molecule has 1 N–H and O–H groups in total. The Kier molecular flexibility index (Phi) is 3.82. The van der Waals surface area contributed by atoms with E-state index in [-0.39, 0.29) is 0 Å². The minimum absolute atomic E-state index is 0.467. The van der Waals surface area contributed by atoms with Crippen molar-refractivity contribution in [3.8, 4) is 0 Å². The van der Waals surface area contributed by atoms with Crippen molar-refractivity contribution in [2.24, 2.45) is 0 Å². The molecule has 1 saturated carbocycles. The third kappa shape index (κ3) is 2.55. The van der Waals surface area contributed by atoms with E-state index in [4.69, 9.17) is 0 Å². The molecule has 2 unspecified atom stereocenters. The average Bonchev–Trinajstić information content (AvgIpc) is 2.71. The van der Waals surface area contributed by atoms with E-state index in [2.05, 4.69) is 5.32 Å². The van der Waals surface area contributed by atoms with E-state index >= 15 is 0 Å². The molecule has 0 aromatic heterocycles. The van der Waals surface area contributed by atoms with Crippen molar-refractivity contribution in [1.82, 2.24) is 5.32 Å². The van der Waals surface area contributed by atoms with Gasteiger partial charge in [0.05, 0.1) is 0 Å². The summed E-state index contributed by atoms with van der Waals surface area (Å²) in [5.74, 6) is -1.54. The minimum Gasteiger partial charge on any atom is -0.316 e. The quantitative estimate of drug-likeness (QED) is 0.875. The van der Waals surface area contributed by atoms with E-state index in [0.29, 0.717) is 11.3 Å². The van der Waals surface area contributed by atoms with Gasteiger partial charge in [0.15, 0.2) is 11.6 Å². The lowest BCUT2D eigenvalue weighted by atomic mass is 10.2. The summed E-state index contributed by atoms with van der Waals surface area (Å²) in [6.07, 6.45) is 3.50. The zero-order chi connectivity index (χ0) is 11.5. The van der Waals surface area contributed by atoms with Gasteiger partial charge in [-0.1, -0.05) is 6.42 Å². The SMILES string of the molecule is CNC1CCCC1Sc1ccc(F)c(F)c1. The van der Waals surface area contributed by atoms with Gasteiger partial charge in [0, 0.05) is 16.2 Å². The number of rotatable bonds is 3. The second-order valence-electron chi connectivity index (χ2n) is 4.06. The van der Waals surface area contributed by atoms with Crippen LogP contribution in [0.15, 0.2) is 23.1 Å². The van der Waals surface area contributed by atoms with Crippen molar-refractivity contribution >= 4 is 11.8 Å². The molecule has 1 nitrogen and oxygen atoms in total. The lowest BCUT2D eigenvalue weighted by molar-refractivity contribution is 0.505. The maximum absolute atomic E-state index is 13.0. The Morgan fingerprint density at radius 2 is 2.06 bits per heavy atom. The molecular formula is C12H15F2NS. The fourth-order valence-electron chi connectivity index (χ4n) is 2.12. The van der Waals surface area contributed by atoms with Crippen LogP contribution < -0.4 is 5.32 Å². The van der Waals surface area contributed by atoms with E-state index in [0.717, 1.165) is 17.7 Å². The third-order valence-electron chi connectivity index (χ3n) is 3.00. The first-order chi connectivity index (χ1) is 7.70. The Hall–Kier alpha value is -0.610. The molecule has 0 bridgehead atoms. The summed E-state index contributed by atoms with van der Waals surface area (Å²) >= 11 is 1.64. The predicted molar refractivity (Wildman–Crippen MR) is 62.7 cm³/mol. The van der Waals surface area contributed by atoms with E-state index < -0.39 is 11.6 Å². The number of halogens is 2. The smallest absolute Gasteiger partial charge is 0.159 e. The molecule has 0 heterocycles. The highest BCUT2D eigenvalue weighted by molar-refractivity contribution is 8.00. The molecule has 0 radical (unpaired) electrons. The average molecular weight is 243 g/mol. The van der Waals surface area contributed by atoms with E-state index in [9.17, 15) is 8.78 Å². The highest BCUT2D eigenvalue weighted by atomic mass is 32.2. The van der Waals surface area contributed by atoms with Crippen molar-refractivity contribution in [2.75, 3.05) is 7.05 Å². The van der Waals surface area contributed by atoms with Crippen LogP contribution in [0.1, 0.15) is 19.3 Å². The minimum atomic E-state index is -0.777. The largest absolute Gasteiger partial charge is 0.316 e. The maximum Gasteiger partial charge on any atom is 0.159 e. The topological polar surface area (TPSA) is 12.0 Å². The Balaban J connectivity index is 2.05. The molecule has 1 aliphatic rings. The molecule has 88 valence electrons. The molecule has 2 rings (SSSR count). The van der Waals surface area contributed by atoms with Crippen molar-refractivity contribution < 1.29 is 8.78 Å². The summed E-state index contributed by atoms with van der Waals surface area (Å²) < 4.78 is 25.8. The lowest BCUT2D eigenvalue weighted by Gasteiger charge is -2.18. The molecule has 4 heteroatoms. The number of nitrogens with one attached hydrogen (secondary N) is 1. The first-order valence-electron chi connectivity index (χ1n) is 5.49. The number of hydrogen-bond acceptors (Lipinski definition) is 2. The van der Waals surface area contributed by atoms with Gasteiger partial charge in [-0.25, -0.2) is 8.78 Å². The van der Waals surface area contributed by atoms with Gasteiger partial charge in [0.1, 0.15) is 0 Å². The number of thioether (sulfide) groups is 1. The summed E-state index contributed by atoms with van der Waals surface area (Å²) in [5, 5.41) is 3.74. The van der Waals surface area contributed by atoms with Crippen molar-refractivity contribution in [1.29, 1.82) is 0 Å². The highest BCUT2D eigenvalue weighted by Gasteiger charge is 2.26. The van der Waals surface area contributed by atoms with Crippen molar-refractivity contribution in [2.45, 2.75) is 35.4 Å². The summed E-state index contributed by atoms with van der Waals surface area (Å²) in [6, 6.07) is 4.61. The van der Waals surface area contributed by atoms with Crippen LogP contribution >= 0.6 is 11.8 Å². The van der Waals surface area contributed by atoms with Crippen LogP contribution in [0.2, 0.25) is 0 Å². The van der Waals surface area contributed by atoms with E-state index in [1.807, 2.05) is 7.05 Å². The van der Waals surface area contributed by atoms with Crippen molar-refractivity contribution in [3.63, 3.8) is 0 Å². The van der Waals surface area contributed by atoms with Gasteiger partial charge in [0.2, 0.25) is 0 Å². The fraction of sp³-hybridized carbons (Fsp3) is 0.500. The van der Waals surface area contributed by atoms with Crippen LogP contribution in [0.4, 0.5) is 8.78 Å². The van der Waals surface area contributed by atoms with Crippen LogP contribution in [-0.4, -0.2) is 18.3 Å². The Labute approximate surface area is 98.6 Å². The van der Waals surface area contributed by atoms with Gasteiger partial charge < -0.3 is 5.32 Å². The Morgan fingerprint density at radius 3 is 2.75 bits per heavy atom. The monoisotopic (exact) mass is 243 g/mol. The standard InChI is InChI=1S/C12H15F2NS/c1-15-11-3-2-4-12(11)16-8-5-6-9(13)10(14)7-8/h5-7,11-12,15H,2-4H2,1H3. The van der Waals surface area contributed by atoms with Gasteiger partial charge in [-0.15, -0.1) is 11.8 Å². The van der Waals surface area contributed by atoms with Gasteiger partial charge in [0.25, 0.3) is 0 Å². The van der Waals surface area contributed by atoms with Crippen LogP contribution in [0, 0.1) is 11.6 Å². The van der Waals surface area contributed by atoms with Crippen molar-refractivity contribution in [3.05, 3.63) is 29.8 Å². The van der Waals surface area contributed by atoms with Crippen LogP contribution in [0.5, 0.6) is 0 Å². The summed E-state index contributed by atoms with van der Waals surface area (Å²) in [6.45, 7) is 0. The predicted octanol–water partition coefficient (Wildman–Crippen LogP) is 3.20. The molecule has 0 aliphatic heterocycles. The van der Waals surface area contributed by atoms with Gasteiger partial charge in [-0.2, -0.15) is 0 Å². The van der Waals surface area contributed by atoms with Crippen LogP contribution in [0.3, 0.4) is 0 Å². The van der Waals surface area contributed by atoms with Gasteiger partial charge in [-0.3, -0.25) is 0 Å². The third-order valence-corrected chi connectivity index (χ3v) is 4.39. The first kappa shape index (κ1) is 11.9. The molecule has 0 spiro atoms. The molecule has 2 atom stereocenters. The molecule has 0 saturated heterocycles. The zero-order valence-electron chi connectivity index (χ0n) is 9.17. The maximum atomic E-state index is 13.0. The second-order valence-corrected chi connectivity index (χ2v) is 5.37. The van der Waals surface area contributed by atoms with E-state index in [1.54, 1.807) is 17.8 Å². The van der Waals surface area contributed by atoms with Crippen LogP contribution in [-0.2, 0) is 0 Å². The Morgan fingerprint density at radius 1 is 1.25 bits per heavy atom. The van der Waals surface area contributed by atoms with Gasteiger partial charge >= 0.3 is 0 Å². The Bertz CT molecular complexity index is 370. The van der Waals surface area contributed by atoms with Gasteiger partial charge in [-0.05, 0) is 38.1 Å². The first-order valence-corrected chi connectivity index (χ1v) is 6.37. The summed E-state index contributed by atoms with van der Waals surface area (Å²) in [4.78, 5) is 0.811. The zero-order valence-corrected chi connectivity index (χ0v) is 9.99. The molecule has 16 heavy (non-hydrogen) atoms. The molecule has 1 aliphatic carbocycles. The summed E-state index contributed by atoms with van der Waals surface area (Å²) in [7, 11) is 1.95. The summed E-state index contributed by atoms with van der Waals surface area (Å²) in [5.41, 5.74) is 0. The number of benzene rings is 1. The fourth-order valence-corrected chi connectivity index (χ4v) is 3.51. The molecule has 1 aromatic carbocycles. The van der Waals surface area contributed by atoms with Crippen LogP contribution in [0.25, 0.3) is 0 Å². The molecular weight excluding hydrogens is 228 g/mol. The second kappa shape index (κ2) is 5.15. The highest BCUT2D eigenvalue weighted by Crippen LogP contribution is 2.35. The molecule has 0 amide bonds. The van der Waals surface area contributed by atoms with E-state index in [1.165, 1.54) is 18.6 Å². The lowest BCUT2D eigenvalue weighted by Crippen LogP contribution is -2.30. The normalized spacial score (nSPS) is 24.9.